The Kier molecular flexibility index (Phi) is 3.15. The first kappa shape index (κ1) is 12.9. The van der Waals surface area contributed by atoms with E-state index in [4.69, 9.17) is 5.73 Å². The van der Waals surface area contributed by atoms with Gasteiger partial charge in [0.1, 0.15) is 0 Å². The molecule has 0 aliphatic carbocycles. The maximum absolute atomic E-state index is 11.6. The van der Waals surface area contributed by atoms with Gasteiger partial charge in [0, 0.05) is 29.9 Å². The van der Waals surface area contributed by atoms with E-state index in [1.807, 2.05) is 0 Å². The number of nitrogens with zero attached hydrogens (tertiary/aromatic N) is 2. The Morgan fingerprint density at radius 3 is 2.90 bits per heavy atom. The number of primary amides is 1. The van der Waals surface area contributed by atoms with Gasteiger partial charge in [-0.2, -0.15) is 5.10 Å². The van der Waals surface area contributed by atoms with Crippen LogP contribution < -0.4 is 16.4 Å². The van der Waals surface area contributed by atoms with E-state index in [9.17, 15) is 9.59 Å². The third kappa shape index (κ3) is 2.62. The molecule has 7 heteroatoms. The van der Waals surface area contributed by atoms with Crippen molar-refractivity contribution in [1.82, 2.24) is 15.1 Å². The van der Waals surface area contributed by atoms with Crippen LogP contribution in [0.25, 0.3) is 5.69 Å². The third-order valence-electron chi connectivity index (χ3n) is 3.08. The van der Waals surface area contributed by atoms with Crippen molar-refractivity contribution in [3.8, 4) is 5.69 Å². The minimum absolute atomic E-state index is 0.138. The summed E-state index contributed by atoms with van der Waals surface area (Å²) in [4.78, 5) is 22.7. The highest BCUT2D eigenvalue weighted by Gasteiger charge is 2.14. The molecule has 0 atom stereocenters. The molecule has 1 aromatic heterocycles. The largest absolute Gasteiger partial charge is 0.366 e. The summed E-state index contributed by atoms with van der Waals surface area (Å²) in [7, 11) is 0. The zero-order chi connectivity index (χ0) is 14.8. The minimum atomic E-state index is -0.543. The first-order chi connectivity index (χ1) is 10.1. The molecule has 106 valence electrons. The molecule has 2 heterocycles. The number of aromatic nitrogens is 2. The molecule has 0 saturated heterocycles. The molecule has 2 aromatic rings. The van der Waals surface area contributed by atoms with Gasteiger partial charge < -0.3 is 16.4 Å². The highest BCUT2D eigenvalue weighted by atomic mass is 16.2. The average molecular weight is 283 g/mol. The summed E-state index contributed by atoms with van der Waals surface area (Å²) in [6.45, 7) is 0.436. The maximum Gasteiger partial charge on any atom is 0.250 e. The van der Waals surface area contributed by atoms with Crippen LogP contribution in [0.4, 0.5) is 5.69 Å². The number of rotatable bonds is 4. The fraction of sp³-hybridized carbons (Fsp3) is 0.0714. The first-order valence-corrected chi connectivity index (χ1v) is 6.33. The topological polar surface area (TPSA) is 102 Å². The highest BCUT2D eigenvalue weighted by Crippen LogP contribution is 2.20. The van der Waals surface area contributed by atoms with E-state index in [2.05, 4.69) is 15.7 Å². The molecule has 7 nitrogen and oxygen atoms in total. The van der Waals surface area contributed by atoms with Gasteiger partial charge in [-0.15, -0.1) is 0 Å². The summed E-state index contributed by atoms with van der Waals surface area (Å²) >= 11 is 0. The molecule has 3 rings (SSSR count). The van der Waals surface area contributed by atoms with E-state index in [1.54, 1.807) is 41.3 Å². The second-order valence-electron chi connectivity index (χ2n) is 4.56. The van der Waals surface area contributed by atoms with Crippen LogP contribution in [0.15, 0.2) is 48.4 Å². The van der Waals surface area contributed by atoms with Crippen LogP contribution in [0.1, 0.15) is 10.4 Å². The van der Waals surface area contributed by atoms with E-state index in [-0.39, 0.29) is 5.91 Å². The number of carbonyl (C=O) groups excluding carboxylic acids is 2. The molecule has 0 radical (unpaired) electrons. The monoisotopic (exact) mass is 283 g/mol. The fourth-order valence-corrected chi connectivity index (χ4v) is 2.13. The van der Waals surface area contributed by atoms with Crippen LogP contribution in [-0.4, -0.2) is 28.1 Å². The second-order valence-corrected chi connectivity index (χ2v) is 4.56. The Balaban J connectivity index is 1.94. The molecule has 0 unspecified atom stereocenters. The van der Waals surface area contributed by atoms with Gasteiger partial charge in [-0.05, 0) is 24.3 Å². The van der Waals surface area contributed by atoms with Crippen molar-refractivity contribution < 1.29 is 9.59 Å². The molecule has 2 amide bonds. The van der Waals surface area contributed by atoms with Crippen LogP contribution in [-0.2, 0) is 4.79 Å². The number of carbonyl (C=O) groups is 2. The Morgan fingerprint density at radius 1 is 1.43 bits per heavy atom. The quantitative estimate of drug-likeness (QED) is 0.755. The minimum Gasteiger partial charge on any atom is -0.366 e. The van der Waals surface area contributed by atoms with Gasteiger partial charge in [0.25, 0.3) is 5.91 Å². The van der Waals surface area contributed by atoms with E-state index in [0.29, 0.717) is 23.5 Å². The molecule has 21 heavy (non-hydrogen) atoms. The van der Waals surface area contributed by atoms with Gasteiger partial charge in [0.2, 0.25) is 5.91 Å². The van der Waals surface area contributed by atoms with Crippen molar-refractivity contribution in [3.05, 3.63) is 54.0 Å². The van der Waals surface area contributed by atoms with Crippen molar-refractivity contribution in [2.75, 3.05) is 11.9 Å². The number of hydrogen-bond donors (Lipinski definition) is 3. The summed E-state index contributed by atoms with van der Waals surface area (Å²) < 4.78 is 1.57. The lowest BCUT2D eigenvalue weighted by Crippen LogP contribution is -2.17. The number of nitrogens with one attached hydrogen (secondary N) is 2. The number of hydrogen-bond acceptors (Lipinski definition) is 4. The summed E-state index contributed by atoms with van der Waals surface area (Å²) in [6, 6.07) is 6.95. The SMILES string of the molecule is NC(=O)c1cc(NC2=CC(=O)NC2)ccc1-n1cccn1. The van der Waals surface area contributed by atoms with E-state index in [0.717, 1.165) is 5.70 Å². The van der Waals surface area contributed by atoms with Gasteiger partial charge >= 0.3 is 0 Å². The van der Waals surface area contributed by atoms with E-state index in [1.165, 1.54) is 6.08 Å². The Hall–Kier alpha value is -3.09. The van der Waals surface area contributed by atoms with Gasteiger partial charge in [-0.25, -0.2) is 4.68 Å². The maximum atomic E-state index is 11.6. The second kappa shape index (κ2) is 5.12. The van der Waals surface area contributed by atoms with Crippen molar-refractivity contribution >= 4 is 17.5 Å². The van der Waals surface area contributed by atoms with E-state index >= 15 is 0 Å². The molecule has 0 bridgehead atoms. The van der Waals surface area contributed by atoms with Crippen molar-refractivity contribution in [3.63, 3.8) is 0 Å². The average Bonchev–Trinajstić information content (AvgIpc) is 3.10. The molecule has 4 N–H and O–H groups in total. The predicted molar refractivity (Wildman–Crippen MR) is 76.8 cm³/mol. The normalized spacial score (nSPS) is 13.7. The Labute approximate surface area is 120 Å². The van der Waals surface area contributed by atoms with Crippen LogP contribution >= 0.6 is 0 Å². The Morgan fingerprint density at radius 2 is 2.29 bits per heavy atom. The lowest BCUT2D eigenvalue weighted by atomic mass is 10.1. The van der Waals surface area contributed by atoms with Gasteiger partial charge in [0.15, 0.2) is 0 Å². The standard InChI is InChI=1S/C14H13N5O2/c15-14(21)11-6-9(18-10-7-13(20)16-8-10)2-3-12(11)19-5-1-4-17-19/h1-7,18H,8H2,(H2,15,21)(H,16,20). The molecule has 0 saturated carbocycles. The lowest BCUT2D eigenvalue weighted by molar-refractivity contribution is -0.115. The summed E-state index contributed by atoms with van der Waals surface area (Å²) in [6.07, 6.45) is 4.83. The first-order valence-electron chi connectivity index (χ1n) is 6.33. The van der Waals surface area contributed by atoms with Gasteiger partial charge in [-0.1, -0.05) is 0 Å². The predicted octanol–water partition coefficient (Wildman–Crippen LogP) is 0.397. The van der Waals surface area contributed by atoms with Gasteiger partial charge in [-0.3, -0.25) is 9.59 Å². The molecule has 0 spiro atoms. The summed E-state index contributed by atoms with van der Waals surface area (Å²) in [5, 5.41) is 9.84. The van der Waals surface area contributed by atoms with Crippen LogP contribution in [0.3, 0.4) is 0 Å². The number of amides is 2. The van der Waals surface area contributed by atoms with Crippen molar-refractivity contribution in [2.45, 2.75) is 0 Å². The molecule has 1 aromatic carbocycles. The Bertz CT molecular complexity index is 734. The third-order valence-corrected chi connectivity index (χ3v) is 3.08. The van der Waals surface area contributed by atoms with E-state index < -0.39 is 5.91 Å². The number of nitrogens with two attached hydrogens (primary N) is 1. The molecule has 0 fully saturated rings. The summed E-state index contributed by atoms with van der Waals surface area (Å²) in [5.74, 6) is -0.681. The van der Waals surface area contributed by atoms with Gasteiger partial charge in [0.05, 0.1) is 17.8 Å². The van der Waals surface area contributed by atoms with Crippen LogP contribution in [0, 0.1) is 0 Å². The highest BCUT2D eigenvalue weighted by molar-refractivity contribution is 5.98. The fourth-order valence-electron chi connectivity index (χ4n) is 2.13. The zero-order valence-corrected chi connectivity index (χ0v) is 11.0. The molecular formula is C14H13N5O2. The molecular weight excluding hydrogens is 270 g/mol. The molecule has 1 aliphatic heterocycles. The lowest BCUT2D eigenvalue weighted by Gasteiger charge is -2.11. The number of benzene rings is 1. The summed E-state index contributed by atoms with van der Waals surface area (Å²) in [5.41, 5.74) is 7.80. The van der Waals surface area contributed by atoms with Crippen LogP contribution in [0.2, 0.25) is 0 Å². The van der Waals surface area contributed by atoms with Crippen LogP contribution in [0.5, 0.6) is 0 Å². The van der Waals surface area contributed by atoms with Crippen molar-refractivity contribution in [2.24, 2.45) is 5.73 Å². The zero-order valence-electron chi connectivity index (χ0n) is 11.0. The van der Waals surface area contributed by atoms with Crippen molar-refractivity contribution in [1.29, 1.82) is 0 Å². The molecule has 1 aliphatic rings. The smallest absolute Gasteiger partial charge is 0.250 e. The number of anilines is 1.